The monoisotopic (exact) mass is 495 g/mol. The van der Waals surface area contributed by atoms with E-state index in [0.29, 0.717) is 5.75 Å². The van der Waals surface area contributed by atoms with Crippen molar-refractivity contribution in [2.24, 2.45) is 0 Å². The Morgan fingerprint density at radius 3 is 1.75 bits per heavy atom. The van der Waals surface area contributed by atoms with Gasteiger partial charge in [-0.3, -0.25) is 0 Å². The number of para-hydroxylation sites is 1. The van der Waals surface area contributed by atoms with Crippen LogP contribution < -0.4 is 4.90 Å². The second kappa shape index (κ2) is 13.5. The SMILES string of the molecule is CN(C)c1c(O)cccc1C1C=Cc2ccccc21.[Zr+2].[c-]1ccccc1.[c-]1ccccc1. The molecular weight excluding hydrogens is 470 g/mol. The van der Waals surface area contributed by atoms with Gasteiger partial charge in [0.1, 0.15) is 5.75 Å². The first-order valence-electron chi connectivity index (χ1n) is 10.3. The quantitative estimate of drug-likeness (QED) is 0.317. The van der Waals surface area contributed by atoms with Crippen molar-refractivity contribution in [2.45, 2.75) is 5.92 Å². The zero-order chi connectivity index (χ0) is 21.9. The van der Waals surface area contributed by atoms with Crippen molar-refractivity contribution in [1.29, 1.82) is 0 Å². The van der Waals surface area contributed by atoms with Gasteiger partial charge in [-0.25, -0.2) is 0 Å². The maximum absolute atomic E-state index is 10.1. The summed E-state index contributed by atoms with van der Waals surface area (Å²) in [6.45, 7) is 0. The summed E-state index contributed by atoms with van der Waals surface area (Å²) in [6, 6.07) is 39.1. The number of nitrogens with zero attached hydrogens (tertiary/aromatic N) is 1. The number of rotatable bonds is 2. The van der Waals surface area contributed by atoms with Crippen molar-refractivity contribution in [2.75, 3.05) is 19.0 Å². The number of benzene rings is 4. The second-order valence-electron chi connectivity index (χ2n) is 7.23. The summed E-state index contributed by atoms with van der Waals surface area (Å²) in [6.07, 6.45) is 4.36. The van der Waals surface area contributed by atoms with Gasteiger partial charge in [0.15, 0.2) is 0 Å². The minimum absolute atomic E-state index is 0. The number of phenols is 1. The average Bonchev–Trinajstić information content (AvgIpc) is 3.26. The number of phenolic OH excluding ortho intramolecular Hbond substituents is 1. The van der Waals surface area contributed by atoms with E-state index in [-0.39, 0.29) is 32.1 Å². The first-order chi connectivity index (χ1) is 15.2. The molecule has 32 heavy (non-hydrogen) atoms. The van der Waals surface area contributed by atoms with E-state index in [0.717, 1.165) is 11.3 Å². The van der Waals surface area contributed by atoms with Crippen molar-refractivity contribution in [3.8, 4) is 5.75 Å². The van der Waals surface area contributed by atoms with E-state index in [2.05, 4.69) is 54.6 Å². The van der Waals surface area contributed by atoms with Crippen LogP contribution in [-0.2, 0) is 26.2 Å². The largest absolute Gasteiger partial charge is 2.00 e. The topological polar surface area (TPSA) is 23.5 Å². The fourth-order valence-corrected chi connectivity index (χ4v) is 3.49. The summed E-state index contributed by atoms with van der Waals surface area (Å²) >= 11 is 0. The molecule has 1 aliphatic carbocycles. The molecule has 0 aromatic heterocycles. The van der Waals surface area contributed by atoms with E-state index in [1.807, 2.05) is 85.7 Å². The zero-order valence-corrected chi connectivity index (χ0v) is 20.9. The van der Waals surface area contributed by atoms with Crippen LogP contribution in [0.2, 0.25) is 0 Å². The van der Waals surface area contributed by atoms with Crippen molar-refractivity contribution in [3.63, 3.8) is 0 Å². The van der Waals surface area contributed by atoms with Crippen LogP contribution in [0, 0.1) is 12.1 Å². The molecule has 0 fully saturated rings. The van der Waals surface area contributed by atoms with E-state index >= 15 is 0 Å². The molecule has 0 bridgehead atoms. The molecule has 4 aromatic carbocycles. The Kier molecular flexibility index (Phi) is 10.7. The first-order valence-corrected chi connectivity index (χ1v) is 10.3. The third-order valence-corrected chi connectivity index (χ3v) is 4.84. The molecule has 0 heterocycles. The summed E-state index contributed by atoms with van der Waals surface area (Å²) in [5.74, 6) is 0.556. The summed E-state index contributed by atoms with van der Waals surface area (Å²) in [4.78, 5) is 1.97. The molecule has 0 saturated heterocycles. The van der Waals surface area contributed by atoms with Gasteiger partial charge in [0.25, 0.3) is 0 Å². The number of allylic oxidation sites excluding steroid dienone is 1. The summed E-state index contributed by atoms with van der Waals surface area (Å²) in [7, 11) is 3.92. The fraction of sp³-hybridized carbons (Fsp3) is 0.103. The third-order valence-electron chi connectivity index (χ3n) is 4.84. The molecule has 0 saturated carbocycles. The molecule has 0 aliphatic heterocycles. The second-order valence-corrected chi connectivity index (χ2v) is 7.23. The van der Waals surface area contributed by atoms with Gasteiger partial charge in [0.2, 0.25) is 0 Å². The Balaban J connectivity index is 0.000000228. The molecule has 4 aromatic rings. The Hall–Kier alpha value is -2.90. The predicted octanol–water partition coefficient (Wildman–Crippen LogP) is 6.59. The molecule has 1 atom stereocenters. The van der Waals surface area contributed by atoms with E-state index in [4.69, 9.17) is 0 Å². The first kappa shape index (κ1) is 25.4. The molecular formula is C29H27NOZr. The molecule has 5 rings (SSSR count). The molecule has 3 heteroatoms. The Morgan fingerprint density at radius 2 is 1.25 bits per heavy atom. The van der Waals surface area contributed by atoms with Crippen LogP contribution in [0.4, 0.5) is 5.69 Å². The van der Waals surface area contributed by atoms with Crippen LogP contribution in [0.1, 0.15) is 22.6 Å². The number of hydrogen-bond acceptors (Lipinski definition) is 2. The van der Waals surface area contributed by atoms with Gasteiger partial charge in [0, 0.05) is 20.0 Å². The van der Waals surface area contributed by atoms with Gasteiger partial charge in [-0.1, -0.05) is 48.6 Å². The van der Waals surface area contributed by atoms with Gasteiger partial charge < -0.3 is 10.0 Å². The zero-order valence-electron chi connectivity index (χ0n) is 18.4. The predicted molar refractivity (Wildman–Crippen MR) is 130 cm³/mol. The van der Waals surface area contributed by atoms with E-state index in [1.54, 1.807) is 6.07 Å². The third kappa shape index (κ3) is 7.07. The molecule has 0 radical (unpaired) electrons. The molecule has 0 amide bonds. The average molecular weight is 497 g/mol. The molecule has 1 unspecified atom stereocenters. The number of anilines is 1. The molecule has 158 valence electrons. The van der Waals surface area contributed by atoms with Crippen LogP contribution in [0.25, 0.3) is 6.08 Å². The number of aromatic hydroxyl groups is 1. The van der Waals surface area contributed by atoms with Gasteiger partial charge in [-0.2, -0.15) is 72.8 Å². The van der Waals surface area contributed by atoms with Crippen LogP contribution in [0.5, 0.6) is 5.75 Å². The minimum Gasteiger partial charge on any atom is -0.506 e. The van der Waals surface area contributed by atoms with E-state index < -0.39 is 0 Å². The van der Waals surface area contributed by atoms with Crippen molar-refractivity contribution in [3.05, 3.63) is 138 Å². The molecule has 1 N–H and O–H groups in total. The minimum atomic E-state index is 0. The Bertz CT molecular complexity index is 994. The number of fused-ring (bicyclic) bond motifs is 1. The van der Waals surface area contributed by atoms with Crippen molar-refractivity contribution < 1.29 is 31.3 Å². The molecule has 1 aliphatic rings. The normalized spacial score (nSPS) is 12.8. The van der Waals surface area contributed by atoms with Crippen LogP contribution in [-0.4, -0.2) is 19.2 Å². The Labute approximate surface area is 211 Å². The fourth-order valence-electron chi connectivity index (χ4n) is 3.49. The van der Waals surface area contributed by atoms with Crippen molar-refractivity contribution in [1.82, 2.24) is 0 Å². The molecule has 0 spiro atoms. The van der Waals surface area contributed by atoms with Gasteiger partial charge in [0.05, 0.1) is 5.69 Å². The van der Waals surface area contributed by atoms with Gasteiger partial charge in [-0.15, -0.1) is 0 Å². The standard InChI is InChI=1S/C17H17NO.2C6H5.Zr/c1-18(2)17-15(8-5-9-16(17)19)14-11-10-12-6-3-4-7-13(12)14;2*1-2-4-6-5-3-1;/h3-11,14,19H,1-2H3;2*1-5H;/q;2*-1;+2. The van der Waals surface area contributed by atoms with E-state index in [1.165, 1.54) is 11.1 Å². The number of hydrogen-bond donors (Lipinski definition) is 1. The van der Waals surface area contributed by atoms with E-state index in [9.17, 15) is 5.11 Å². The smallest absolute Gasteiger partial charge is 0.506 e. The summed E-state index contributed by atoms with van der Waals surface area (Å²) in [5.41, 5.74) is 4.61. The van der Waals surface area contributed by atoms with Crippen LogP contribution >= 0.6 is 0 Å². The Morgan fingerprint density at radius 1 is 0.688 bits per heavy atom. The van der Waals surface area contributed by atoms with Gasteiger partial charge in [-0.05, 0) is 22.8 Å². The molecule has 2 nitrogen and oxygen atoms in total. The van der Waals surface area contributed by atoms with Crippen LogP contribution in [0.15, 0.2) is 109 Å². The van der Waals surface area contributed by atoms with Gasteiger partial charge >= 0.3 is 26.2 Å². The maximum Gasteiger partial charge on any atom is 2.00 e. The summed E-state index contributed by atoms with van der Waals surface area (Å²) in [5, 5.41) is 10.1. The maximum atomic E-state index is 10.1. The van der Waals surface area contributed by atoms with Crippen molar-refractivity contribution >= 4 is 11.8 Å². The summed E-state index contributed by atoms with van der Waals surface area (Å²) < 4.78 is 0. The van der Waals surface area contributed by atoms with Crippen LogP contribution in [0.3, 0.4) is 0 Å².